The monoisotopic (exact) mass is 551 g/mol. The minimum Gasteiger partial charge on any atom is -0.495 e. The number of nitrogens with one attached hydrogen (secondary N) is 2. The van der Waals surface area contributed by atoms with E-state index >= 15 is 0 Å². The van der Waals surface area contributed by atoms with Gasteiger partial charge in [-0.3, -0.25) is 4.99 Å². The maximum Gasteiger partial charge on any atom is 0.213 e. The summed E-state index contributed by atoms with van der Waals surface area (Å²) in [4.78, 5) is 8.80. The third-order valence-corrected chi connectivity index (χ3v) is 7.04. The van der Waals surface area contributed by atoms with Crippen molar-refractivity contribution in [2.45, 2.75) is 19.3 Å². The van der Waals surface area contributed by atoms with E-state index in [-0.39, 0.29) is 29.7 Å². The Morgan fingerprint density at radius 2 is 1.90 bits per heavy atom. The number of benzene rings is 1. The Morgan fingerprint density at radius 1 is 1.20 bits per heavy atom. The van der Waals surface area contributed by atoms with Gasteiger partial charge in [0.2, 0.25) is 10.0 Å². The third kappa shape index (κ3) is 6.88. The van der Waals surface area contributed by atoms with Crippen LogP contribution in [0.15, 0.2) is 29.3 Å². The highest BCUT2D eigenvalue weighted by molar-refractivity contribution is 14.0. The molecule has 1 heterocycles. The van der Waals surface area contributed by atoms with Gasteiger partial charge in [-0.2, -0.15) is 0 Å². The van der Waals surface area contributed by atoms with Crippen molar-refractivity contribution in [3.05, 3.63) is 24.3 Å². The summed E-state index contributed by atoms with van der Waals surface area (Å²) in [5.41, 5.74) is 1.10. The van der Waals surface area contributed by atoms with E-state index in [4.69, 9.17) is 4.74 Å². The molecule has 1 saturated carbocycles. The van der Waals surface area contributed by atoms with E-state index in [9.17, 15) is 8.42 Å². The van der Waals surface area contributed by atoms with Crippen molar-refractivity contribution in [3.8, 4) is 5.75 Å². The highest BCUT2D eigenvalue weighted by Crippen LogP contribution is 2.28. The van der Waals surface area contributed by atoms with Crippen LogP contribution in [0.25, 0.3) is 0 Å². The molecule has 0 radical (unpaired) electrons. The van der Waals surface area contributed by atoms with Gasteiger partial charge in [0.05, 0.1) is 18.6 Å². The molecule has 0 amide bonds. The molecule has 2 N–H and O–H groups in total. The number of nitrogens with zero attached hydrogens (tertiary/aromatic N) is 3. The van der Waals surface area contributed by atoms with Gasteiger partial charge in [-0.1, -0.05) is 18.6 Å². The maximum absolute atomic E-state index is 12.2. The zero-order valence-corrected chi connectivity index (χ0v) is 21.0. The first kappa shape index (κ1) is 25.0. The number of halogens is 1. The van der Waals surface area contributed by atoms with Gasteiger partial charge in [0.15, 0.2) is 5.96 Å². The number of methoxy groups -OCH3 is 1. The van der Waals surface area contributed by atoms with Crippen molar-refractivity contribution in [1.82, 2.24) is 14.9 Å². The summed E-state index contributed by atoms with van der Waals surface area (Å²) in [6.45, 7) is 4.24. The molecular formula is C20H34IN5O3S. The number of anilines is 1. The first-order valence-electron chi connectivity index (χ1n) is 10.3. The molecule has 8 nitrogen and oxygen atoms in total. The Balaban J connectivity index is 0.00000320. The average molecular weight is 551 g/mol. The van der Waals surface area contributed by atoms with Crippen LogP contribution in [-0.4, -0.2) is 78.5 Å². The Labute approximate surface area is 197 Å². The number of aliphatic imine (C=N–C) groups is 1. The van der Waals surface area contributed by atoms with Crippen molar-refractivity contribution in [3.63, 3.8) is 0 Å². The van der Waals surface area contributed by atoms with E-state index in [0.29, 0.717) is 19.0 Å². The van der Waals surface area contributed by atoms with Crippen LogP contribution in [0.4, 0.5) is 5.69 Å². The quantitative estimate of drug-likeness (QED) is 0.291. The van der Waals surface area contributed by atoms with Crippen molar-refractivity contribution in [2.75, 3.05) is 64.1 Å². The molecule has 0 atom stereocenters. The molecule has 1 aliphatic heterocycles. The molecule has 0 aromatic heterocycles. The van der Waals surface area contributed by atoms with E-state index in [1.165, 1.54) is 6.42 Å². The number of para-hydroxylation sites is 2. The average Bonchev–Trinajstić information content (AvgIpc) is 2.70. The maximum atomic E-state index is 12.2. The Morgan fingerprint density at radius 3 is 2.50 bits per heavy atom. The summed E-state index contributed by atoms with van der Waals surface area (Å²) >= 11 is 0. The molecular weight excluding hydrogens is 517 g/mol. The second-order valence-corrected chi connectivity index (χ2v) is 9.51. The molecule has 1 aromatic rings. The number of sulfonamides is 1. The summed E-state index contributed by atoms with van der Waals surface area (Å²) in [5.74, 6) is 2.20. The fraction of sp³-hybridized carbons (Fsp3) is 0.650. The van der Waals surface area contributed by atoms with Gasteiger partial charge in [-0.25, -0.2) is 13.1 Å². The van der Waals surface area contributed by atoms with Crippen LogP contribution in [-0.2, 0) is 10.0 Å². The second kappa shape index (κ2) is 11.9. The van der Waals surface area contributed by atoms with Gasteiger partial charge in [-0.05, 0) is 30.9 Å². The topological polar surface area (TPSA) is 86.3 Å². The predicted octanol–water partition coefficient (Wildman–Crippen LogP) is 1.73. The Hall–Kier alpha value is -1.27. The van der Waals surface area contributed by atoms with Crippen molar-refractivity contribution < 1.29 is 13.2 Å². The third-order valence-electron chi connectivity index (χ3n) is 5.69. The van der Waals surface area contributed by atoms with E-state index in [0.717, 1.165) is 56.4 Å². The van der Waals surface area contributed by atoms with Crippen LogP contribution >= 0.6 is 24.0 Å². The van der Waals surface area contributed by atoms with E-state index < -0.39 is 10.0 Å². The lowest BCUT2D eigenvalue weighted by Crippen LogP contribution is -2.53. The van der Waals surface area contributed by atoms with Crippen LogP contribution in [0.1, 0.15) is 19.3 Å². The molecule has 0 bridgehead atoms. The standard InChI is InChI=1S/C20H33N5O3S.HI/c1-21-20(22-10-15-29(26,27)23-16-17-6-5-7-17)25-13-11-24(12-14-25)18-8-3-4-9-19(18)28-2;/h3-4,8-9,17,23H,5-7,10-16H2,1-2H3,(H,21,22);1H. The predicted molar refractivity (Wildman–Crippen MR) is 133 cm³/mol. The summed E-state index contributed by atoms with van der Waals surface area (Å²) in [5, 5.41) is 3.20. The van der Waals surface area contributed by atoms with Crippen molar-refractivity contribution >= 4 is 45.6 Å². The van der Waals surface area contributed by atoms with Crippen LogP contribution in [0.2, 0.25) is 0 Å². The van der Waals surface area contributed by atoms with E-state index in [1.807, 2.05) is 18.2 Å². The number of hydrogen-bond donors (Lipinski definition) is 2. The number of ether oxygens (including phenoxy) is 1. The lowest BCUT2D eigenvalue weighted by molar-refractivity contribution is 0.316. The SMILES string of the molecule is CN=C(NCCS(=O)(=O)NCC1CCC1)N1CCN(c2ccccc2OC)CC1.I. The van der Waals surface area contributed by atoms with E-state index in [1.54, 1.807) is 14.2 Å². The van der Waals surface area contributed by atoms with Gasteiger partial charge < -0.3 is 19.9 Å². The summed E-state index contributed by atoms with van der Waals surface area (Å²) in [6, 6.07) is 8.04. The molecule has 0 spiro atoms. The smallest absolute Gasteiger partial charge is 0.213 e. The van der Waals surface area contributed by atoms with Crippen LogP contribution in [0.3, 0.4) is 0 Å². The van der Waals surface area contributed by atoms with Gasteiger partial charge >= 0.3 is 0 Å². The largest absolute Gasteiger partial charge is 0.495 e. The molecule has 2 fully saturated rings. The van der Waals surface area contributed by atoms with Gasteiger partial charge in [0, 0.05) is 46.3 Å². The van der Waals surface area contributed by atoms with Gasteiger partial charge in [0.1, 0.15) is 5.75 Å². The molecule has 2 aliphatic rings. The Kier molecular flexibility index (Phi) is 9.95. The van der Waals surface area contributed by atoms with Crippen LogP contribution < -0.4 is 19.7 Å². The number of hydrogen-bond acceptors (Lipinski definition) is 5. The molecule has 3 rings (SSSR count). The van der Waals surface area contributed by atoms with E-state index in [2.05, 4.69) is 30.9 Å². The fourth-order valence-electron chi connectivity index (χ4n) is 3.69. The Bertz CT molecular complexity index is 793. The number of guanidine groups is 1. The molecule has 1 aromatic carbocycles. The molecule has 170 valence electrons. The second-order valence-electron chi connectivity index (χ2n) is 7.58. The molecule has 1 aliphatic carbocycles. The summed E-state index contributed by atoms with van der Waals surface area (Å²) < 4.78 is 32.5. The number of rotatable bonds is 8. The summed E-state index contributed by atoms with van der Waals surface area (Å²) in [7, 11) is 0.177. The van der Waals surface area contributed by atoms with Gasteiger partial charge in [-0.15, -0.1) is 24.0 Å². The normalized spacial score (nSPS) is 17.9. The molecule has 1 saturated heterocycles. The van der Waals surface area contributed by atoms with Gasteiger partial charge in [0.25, 0.3) is 0 Å². The zero-order valence-electron chi connectivity index (χ0n) is 17.8. The minimum atomic E-state index is -3.25. The molecule has 10 heteroatoms. The first-order valence-corrected chi connectivity index (χ1v) is 12.0. The lowest BCUT2D eigenvalue weighted by Gasteiger charge is -2.38. The molecule has 0 unspecified atom stereocenters. The fourth-order valence-corrected chi connectivity index (χ4v) is 4.70. The van der Waals surface area contributed by atoms with Crippen LogP contribution in [0, 0.1) is 5.92 Å². The summed E-state index contributed by atoms with van der Waals surface area (Å²) in [6.07, 6.45) is 3.48. The lowest BCUT2D eigenvalue weighted by atomic mass is 9.86. The highest BCUT2D eigenvalue weighted by atomic mass is 127. The van der Waals surface area contributed by atoms with Crippen molar-refractivity contribution in [2.24, 2.45) is 10.9 Å². The first-order chi connectivity index (χ1) is 14.0. The number of piperazine rings is 1. The minimum absolute atomic E-state index is 0. The zero-order chi connectivity index (χ0) is 20.7. The van der Waals surface area contributed by atoms with Crippen LogP contribution in [0.5, 0.6) is 5.75 Å². The van der Waals surface area contributed by atoms with Crippen molar-refractivity contribution in [1.29, 1.82) is 0 Å². The molecule has 30 heavy (non-hydrogen) atoms. The highest BCUT2D eigenvalue weighted by Gasteiger charge is 2.23.